The van der Waals surface area contributed by atoms with E-state index in [4.69, 9.17) is 0 Å². The van der Waals surface area contributed by atoms with Crippen LogP contribution in [-0.2, 0) is 0 Å². The normalized spacial score (nSPS) is 16.5. The van der Waals surface area contributed by atoms with Crippen molar-refractivity contribution in [2.45, 2.75) is 38.1 Å². The van der Waals surface area contributed by atoms with Gasteiger partial charge in [-0.1, -0.05) is 49.6 Å². The molecule has 0 radical (unpaired) electrons. The van der Waals surface area contributed by atoms with Gasteiger partial charge in [0.05, 0.1) is 0 Å². The van der Waals surface area contributed by atoms with Gasteiger partial charge in [0.1, 0.15) is 0 Å². The number of benzene rings is 1. The Balaban J connectivity index is 1.82. The zero-order chi connectivity index (χ0) is 13.5. The fraction of sp³-hybridized carbons (Fsp3) is 0.438. The zero-order valence-corrected chi connectivity index (χ0v) is 11.5. The fourth-order valence-electron chi connectivity index (χ4n) is 2.51. The number of nitrogens with zero attached hydrogens (tertiary/aromatic N) is 1. The molecule has 0 saturated heterocycles. The molecule has 19 heavy (non-hydrogen) atoms. The molecular formula is C16H22N2O. The van der Waals surface area contributed by atoms with Crippen LogP contribution in [0.5, 0.6) is 0 Å². The highest BCUT2D eigenvalue weighted by atomic mass is 16.2. The number of hydrogen-bond donors (Lipinski definition) is 1. The van der Waals surface area contributed by atoms with Crippen molar-refractivity contribution in [3.8, 4) is 0 Å². The summed E-state index contributed by atoms with van der Waals surface area (Å²) in [5, 5.41) is 2.83. The van der Waals surface area contributed by atoms with Gasteiger partial charge in [0, 0.05) is 19.3 Å². The van der Waals surface area contributed by atoms with Gasteiger partial charge < -0.3 is 10.2 Å². The summed E-state index contributed by atoms with van der Waals surface area (Å²) in [6.07, 6.45) is 9.67. The van der Waals surface area contributed by atoms with Crippen LogP contribution in [0.15, 0.2) is 36.5 Å². The van der Waals surface area contributed by atoms with E-state index in [-0.39, 0.29) is 6.03 Å². The summed E-state index contributed by atoms with van der Waals surface area (Å²) in [5.74, 6) is 0. The summed E-state index contributed by atoms with van der Waals surface area (Å²) in [6.45, 7) is 0. The van der Waals surface area contributed by atoms with E-state index < -0.39 is 0 Å². The Bertz CT molecular complexity index is 422. The molecule has 0 atom stereocenters. The Morgan fingerprint density at radius 3 is 2.58 bits per heavy atom. The first-order valence-electron chi connectivity index (χ1n) is 7.02. The minimum atomic E-state index is -0.0147. The minimum absolute atomic E-state index is 0.0147. The second kappa shape index (κ2) is 6.98. The highest BCUT2D eigenvalue weighted by Gasteiger charge is 2.21. The first kappa shape index (κ1) is 13.7. The summed E-state index contributed by atoms with van der Waals surface area (Å²) in [7, 11) is 1.89. The number of carbonyl (C=O) groups excluding carboxylic acids is 1. The monoisotopic (exact) mass is 258 g/mol. The molecule has 0 unspecified atom stereocenters. The van der Waals surface area contributed by atoms with Crippen molar-refractivity contribution in [2.75, 3.05) is 7.05 Å². The summed E-state index contributed by atoms with van der Waals surface area (Å²) >= 11 is 0. The van der Waals surface area contributed by atoms with Gasteiger partial charge in [-0.05, 0) is 24.5 Å². The lowest BCUT2D eigenvalue weighted by atomic mass is 9.95. The lowest BCUT2D eigenvalue weighted by Gasteiger charge is -2.30. The third-order valence-electron chi connectivity index (χ3n) is 3.72. The SMILES string of the molecule is CN(C(=O)N/C=C/c1ccccc1)C1CCCCC1. The van der Waals surface area contributed by atoms with Crippen LogP contribution < -0.4 is 5.32 Å². The summed E-state index contributed by atoms with van der Waals surface area (Å²) in [6, 6.07) is 10.3. The Morgan fingerprint density at radius 2 is 1.89 bits per heavy atom. The topological polar surface area (TPSA) is 32.3 Å². The molecular weight excluding hydrogens is 236 g/mol. The first-order valence-corrected chi connectivity index (χ1v) is 7.02. The number of hydrogen-bond acceptors (Lipinski definition) is 1. The Morgan fingerprint density at radius 1 is 1.21 bits per heavy atom. The average molecular weight is 258 g/mol. The van der Waals surface area contributed by atoms with E-state index in [0.717, 1.165) is 18.4 Å². The van der Waals surface area contributed by atoms with E-state index in [0.29, 0.717) is 6.04 Å². The van der Waals surface area contributed by atoms with Gasteiger partial charge >= 0.3 is 6.03 Å². The number of rotatable bonds is 3. The molecule has 1 aromatic carbocycles. The quantitative estimate of drug-likeness (QED) is 0.882. The van der Waals surface area contributed by atoms with Crippen LogP contribution in [0.1, 0.15) is 37.7 Å². The molecule has 1 fully saturated rings. The van der Waals surface area contributed by atoms with Crippen LogP contribution in [0.2, 0.25) is 0 Å². The molecule has 0 bridgehead atoms. The van der Waals surface area contributed by atoms with Crippen LogP contribution in [0.3, 0.4) is 0 Å². The molecule has 1 N–H and O–H groups in total. The summed E-state index contributed by atoms with van der Waals surface area (Å²) < 4.78 is 0. The van der Waals surface area contributed by atoms with Crippen molar-refractivity contribution in [3.63, 3.8) is 0 Å². The van der Waals surface area contributed by atoms with Crippen molar-refractivity contribution in [1.29, 1.82) is 0 Å². The summed E-state index contributed by atoms with van der Waals surface area (Å²) in [5.41, 5.74) is 1.09. The van der Waals surface area contributed by atoms with Gasteiger partial charge in [-0.25, -0.2) is 4.79 Å². The van der Waals surface area contributed by atoms with E-state index in [1.54, 1.807) is 6.20 Å². The number of nitrogens with one attached hydrogen (secondary N) is 1. The predicted octanol–water partition coefficient (Wildman–Crippen LogP) is 3.63. The largest absolute Gasteiger partial charge is 0.325 e. The molecule has 0 aromatic heterocycles. The third kappa shape index (κ3) is 4.12. The Hall–Kier alpha value is -1.77. The highest BCUT2D eigenvalue weighted by molar-refractivity contribution is 5.76. The van der Waals surface area contributed by atoms with Crippen molar-refractivity contribution >= 4 is 12.1 Å². The van der Waals surface area contributed by atoms with Crippen molar-refractivity contribution in [3.05, 3.63) is 42.1 Å². The second-order valence-corrected chi connectivity index (χ2v) is 5.10. The molecule has 1 aromatic rings. The molecule has 3 nitrogen and oxygen atoms in total. The molecule has 1 saturated carbocycles. The van der Waals surface area contributed by atoms with Crippen LogP contribution in [0.4, 0.5) is 4.79 Å². The maximum atomic E-state index is 12.0. The van der Waals surface area contributed by atoms with Crippen LogP contribution in [0.25, 0.3) is 6.08 Å². The maximum Gasteiger partial charge on any atom is 0.321 e. The number of carbonyl (C=O) groups is 1. The van der Waals surface area contributed by atoms with E-state index >= 15 is 0 Å². The molecule has 1 aliphatic carbocycles. The first-order chi connectivity index (χ1) is 9.27. The van der Waals surface area contributed by atoms with Gasteiger partial charge in [0.25, 0.3) is 0 Å². The third-order valence-corrected chi connectivity index (χ3v) is 3.72. The van der Waals surface area contributed by atoms with Crippen LogP contribution in [-0.4, -0.2) is 24.0 Å². The number of urea groups is 1. The van der Waals surface area contributed by atoms with Crippen LogP contribution >= 0.6 is 0 Å². The molecule has 102 valence electrons. The van der Waals surface area contributed by atoms with Crippen molar-refractivity contribution in [2.24, 2.45) is 0 Å². The highest BCUT2D eigenvalue weighted by Crippen LogP contribution is 2.21. The molecule has 0 aliphatic heterocycles. The molecule has 2 amide bonds. The average Bonchev–Trinajstić information content (AvgIpc) is 2.48. The standard InChI is InChI=1S/C16H22N2O/c1-18(15-10-6-3-7-11-15)16(19)17-13-12-14-8-4-2-5-9-14/h2,4-5,8-9,12-13,15H,3,6-7,10-11H2,1H3,(H,17,19)/b13-12+. The van der Waals surface area contributed by atoms with E-state index in [9.17, 15) is 4.79 Å². The van der Waals surface area contributed by atoms with Crippen molar-refractivity contribution < 1.29 is 4.79 Å². The number of amides is 2. The molecule has 2 rings (SSSR count). The van der Waals surface area contributed by atoms with Gasteiger partial charge in [-0.15, -0.1) is 0 Å². The van der Waals surface area contributed by atoms with Gasteiger partial charge in [-0.2, -0.15) is 0 Å². The van der Waals surface area contributed by atoms with E-state index in [2.05, 4.69) is 5.32 Å². The fourth-order valence-corrected chi connectivity index (χ4v) is 2.51. The lowest BCUT2D eigenvalue weighted by Crippen LogP contribution is -2.42. The van der Waals surface area contributed by atoms with Gasteiger partial charge in [0.15, 0.2) is 0 Å². The zero-order valence-electron chi connectivity index (χ0n) is 11.5. The molecule has 0 heterocycles. The second-order valence-electron chi connectivity index (χ2n) is 5.10. The Kier molecular flexibility index (Phi) is 5.01. The lowest BCUT2D eigenvalue weighted by molar-refractivity contribution is 0.177. The van der Waals surface area contributed by atoms with Gasteiger partial charge in [0.2, 0.25) is 0 Å². The summed E-state index contributed by atoms with van der Waals surface area (Å²) in [4.78, 5) is 13.8. The van der Waals surface area contributed by atoms with E-state index in [1.807, 2.05) is 48.4 Å². The smallest absolute Gasteiger partial charge is 0.321 e. The predicted molar refractivity (Wildman–Crippen MR) is 78.6 cm³/mol. The van der Waals surface area contributed by atoms with E-state index in [1.165, 1.54) is 19.3 Å². The van der Waals surface area contributed by atoms with Gasteiger partial charge in [-0.3, -0.25) is 0 Å². The molecule has 3 heteroatoms. The van der Waals surface area contributed by atoms with Crippen molar-refractivity contribution in [1.82, 2.24) is 10.2 Å². The van der Waals surface area contributed by atoms with Crippen LogP contribution in [0, 0.1) is 0 Å². The molecule has 0 spiro atoms. The Labute approximate surface area is 115 Å². The maximum absolute atomic E-state index is 12.0. The molecule has 1 aliphatic rings. The minimum Gasteiger partial charge on any atom is -0.325 e.